The smallest absolute Gasteiger partial charge is 0.271 e. The van der Waals surface area contributed by atoms with E-state index in [4.69, 9.17) is 5.73 Å². The van der Waals surface area contributed by atoms with Gasteiger partial charge in [-0.1, -0.05) is 0 Å². The third-order valence-corrected chi connectivity index (χ3v) is 4.91. The zero-order valence-electron chi connectivity index (χ0n) is 9.12. The monoisotopic (exact) mass is 272 g/mol. The Morgan fingerprint density at radius 2 is 2.35 bits per heavy atom. The van der Waals surface area contributed by atoms with Gasteiger partial charge in [0.25, 0.3) is 10.0 Å². The highest BCUT2D eigenvalue weighted by atomic mass is 32.2. The van der Waals surface area contributed by atoms with Crippen molar-refractivity contribution in [3.05, 3.63) is 23.8 Å². The molecule has 2 rings (SSSR count). The lowest BCUT2D eigenvalue weighted by molar-refractivity contribution is 0.603. The third-order valence-electron chi connectivity index (χ3n) is 2.07. The molecular weight excluding hydrogens is 260 g/mol. The molecule has 0 aliphatic heterocycles. The minimum atomic E-state index is -3.55. The van der Waals surface area contributed by atoms with Crippen molar-refractivity contribution < 1.29 is 8.42 Å². The average Bonchev–Trinajstić information content (AvgIpc) is 2.86. The number of nitrogen functional groups attached to an aromatic ring is 1. The maximum absolute atomic E-state index is 11.9. The summed E-state index contributed by atoms with van der Waals surface area (Å²) in [5.74, 6) is 0. The zero-order valence-corrected chi connectivity index (χ0v) is 10.8. The number of aromatic nitrogens is 2. The Bertz CT molecular complexity index is 614. The van der Waals surface area contributed by atoms with Crippen molar-refractivity contribution in [1.82, 2.24) is 9.78 Å². The molecule has 0 radical (unpaired) electrons. The Hall–Kier alpha value is -1.54. The van der Waals surface area contributed by atoms with Gasteiger partial charge >= 0.3 is 0 Å². The van der Waals surface area contributed by atoms with Crippen molar-refractivity contribution in [2.24, 2.45) is 0 Å². The summed E-state index contributed by atoms with van der Waals surface area (Å²) >= 11 is 1.09. The highest BCUT2D eigenvalue weighted by Crippen LogP contribution is 2.23. The van der Waals surface area contributed by atoms with Gasteiger partial charge < -0.3 is 5.73 Å². The topological polar surface area (TPSA) is 90.0 Å². The normalized spacial score (nSPS) is 11.6. The van der Waals surface area contributed by atoms with Crippen LogP contribution in [0.4, 0.5) is 11.4 Å². The standard InChI is InChI=1S/C9H12N4O2S2/c1-2-13-5-8(4-11-13)12-17(14,15)9-3-7(10)6-16-9/h3-6,12H,2,10H2,1H3. The first-order valence-corrected chi connectivity index (χ1v) is 7.27. The van der Waals surface area contributed by atoms with Gasteiger partial charge in [-0.2, -0.15) is 5.10 Å². The number of anilines is 2. The lowest BCUT2D eigenvalue weighted by Gasteiger charge is -2.02. The summed E-state index contributed by atoms with van der Waals surface area (Å²) in [6, 6.07) is 1.43. The third kappa shape index (κ3) is 2.59. The van der Waals surface area contributed by atoms with Crippen molar-refractivity contribution in [2.75, 3.05) is 10.5 Å². The highest BCUT2D eigenvalue weighted by molar-refractivity contribution is 7.94. The predicted octanol–water partition coefficient (Wildman–Crippen LogP) is 1.35. The first kappa shape index (κ1) is 11.9. The number of hydrogen-bond acceptors (Lipinski definition) is 5. The van der Waals surface area contributed by atoms with Crippen LogP contribution in [0.5, 0.6) is 0 Å². The Kier molecular flexibility index (Phi) is 3.07. The molecule has 92 valence electrons. The van der Waals surface area contributed by atoms with Gasteiger partial charge in [-0.3, -0.25) is 9.40 Å². The van der Waals surface area contributed by atoms with Crippen molar-refractivity contribution >= 4 is 32.7 Å². The second-order valence-electron chi connectivity index (χ2n) is 3.39. The van der Waals surface area contributed by atoms with Gasteiger partial charge in [0.15, 0.2) is 0 Å². The minimum absolute atomic E-state index is 0.194. The second kappa shape index (κ2) is 4.38. The van der Waals surface area contributed by atoms with Crippen molar-refractivity contribution in [1.29, 1.82) is 0 Å². The predicted molar refractivity (Wildman–Crippen MR) is 67.4 cm³/mol. The van der Waals surface area contributed by atoms with Crippen LogP contribution in [-0.4, -0.2) is 18.2 Å². The van der Waals surface area contributed by atoms with E-state index in [2.05, 4.69) is 9.82 Å². The number of nitrogens with one attached hydrogen (secondary N) is 1. The number of nitrogens with two attached hydrogens (primary N) is 1. The highest BCUT2D eigenvalue weighted by Gasteiger charge is 2.17. The molecule has 0 aliphatic rings. The summed E-state index contributed by atoms with van der Waals surface area (Å²) in [6.45, 7) is 2.61. The maximum Gasteiger partial charge on any atom is 0.271 e. The van der Waals surface area contributed by atoms with E-state index < -0.39 is 10.0 Å². The molecule has 0 aliphatic carbocycles. The van der Waals surface area contributed by atoms with Crippen molar-refractivity contribution in [2.45, 2.75) is 17.7 Å². The maximum atomic E-state index is 11.9. The summed E-state index contributed by atoms with van der Waals surface area (Å²) in [6.07, 6.45) is 3.10. The van der Waals surface area contributed by atoms with Crippen LogP contribution in [-0.2, 0) is 16.6 Å². The number of rotatable bonds is 4. The molecule has 0 aromatic carbocycles. The van der Waals surface area contributed by atoms with Crippen LogP contribution in [0.25, 0.3) is 0 Å². The van der Waals surface area contributed by atoms with Crippen molar-refractivity contribution in [3.8, 4) is 0 Å². The first-order valence-electron chi connectivity index (χ1n) is 4.90. The van der Waals surface area contributed by atoms with Crippen LogP contribution in [0, 0.1) is 0 Å². The molecule has 3 N–H and O–H groups in total. The lowest BCUT2D eigenvalue weighted by atomic mass is 10.6. The van der Waals surface area contributed by atoms with E-state index in [1.54, 1.807) is 16.3 Å². The molecule has 0 saturated heterocycles. The summed E-state index contributed by atoms with van der Waals surface area (Å²) in [5, 5.41) is 5.57. The Balaban J connectivity index is 2.23. The molecule has 8 heteroatoms. The lowest BCUT2D eigenvalue weighted by Crippen LogP contribution is -2.10. The van der Waals surface area contributed by atoms with E-state index >= 15 is 0 Å². The summed E-state index contributed by atoms with van der Waals surface area (Å²) < 4.78 is 28.1. The average molecular weight is 272 g/mol. The minimum Gasteiger partial charge on any atom is -0.398 e. The number of sulfonamides is 1. The summed E-state index contributed by atoms with van der Waals surface area (Å²) in [5.41, 5.74) is 6.38. The van der Waals surface area contributed by atoms with Crippen LogP contribution in [0.15, 0.2) is 28.0 Å². The molecule has 0 fully saturated rings. The molecule has 2 heterocycles. The molecule has 0 unspecified atom stereocenters. The Morgan fingerprint density at radius 3 is 2.88 bits per heavy atom. The molecule has 2 aromatic heterocycles. The first-order chi connectivity index (χ1) is 8.01. The van der Waals surface area contributed by atoms with E-state index in [1.165, 1.54) is 12.3 Å². The number of aryl methyl sites for hydroxylation is 1. The van der Waals surface area contributed by atoms with Gasteiger partial charge in [0.1, 0.15) is 4.21 Å². The SMILES string of the molecule is CCn1cc(NS(=O)(=O)c2cc(N)cs2)cn1. The number of nitrogens with zero attached hydrogens (tertiary/aromatic N) is 2. The molecule has 0 amide bonds. The fourth-order valence-electron chi connectivity index (χ4n) is 1.27. The summed E-state index contributed by atoms with van der Waals surface area (Å²) in [7, 11) is -3.55. The molecular formula is C9H12N4O2S2. The molecule has 0 bridgehead atoms. The quantitative estimate of drug-likeness (QED) is 0.879. The van der Waals surface area contributed by atoms with Crippen LogP contribution >= 0.6 is 11.3 Å². The molecule has 2 aromatic rings. The van der Waals surface area contributed by atoms with E-state index in [0.717, 1.165) is 11.3 Å². The van der Waals surface area contributed by atoms with E-state index in [0.29, 0.717) is 17.9 Å². The molecule has 0 saturated carbocycles. The van der Waals surface area contributed by atoms with Gasteiger partial charge in [-0.25, -0.2) is 8.42 Å². The second-order valence-corrected chi connectivity index (χ2v) is 6.21. The van der Waals surface area contributed by atoms with E-state index in [9.17, 15) is 8.42 Å². The van der Waals surface area contributed by atoms with E-state index in [1.807, 2.05) is 6.92 Å². The molecule has 6 nitrogen and oxygen atoms in total. The van der Waals surface area contributed by atoms with Gasteiger partial charge in [0, 0.05) is 23.8 Å². The molecule has 0 atom stereocenters. The van der Waals surface area contributed by atoms with Crippen LogP contribution < -0.4 is 10.5 Å². The van der Waals surface area contributed by atoms with E-state index in [-0.39, 0.29) is 4.21 Å². The zero-order chi connectivity index (χ0) is 12.5. The Labute approximate surface area is 103 Å². The fraction of sp³-hybridized carbons (Fsp3) is 0.222. The van der Waals surface area contributed by atoms with Crippen LogP contribution in [0.1, 0.15) is 6.92 Å². The van der Waals surface area contributed by atoms with Crippen LogP contribution in [0.2, 0.25) is 0 Å². The molecule has 17 heavy (non-hydrogen) atoms. The summed E-state index contributed by atoms with van der Waals surface area (Å²) in [4.78, 5) is 0. The van der Waals surface area contributed by atoms with Crippen LogP contribution in [0.3, 0.4) is 0 Å². The van der Waals surface area contributed by atoms with Gasteiger partial charge in [0.05, 0.1) is 11.9 Å². The number of hydrogen-bond donors (Lipinski definition) is 2. The van der Waals surface area contributed by atoms with Gasteiger partial charge in [-0.15, -0.1) is 11.3 Å². The van der Waals surface area contributed by atoms with Gasteiger partial charge in [0.2, 0.25) is 0 Å². The fourth-order valence-corrected chi connectivity index (χ4v) is 3.37. The molecule has 0 spiro atoms. The van der Waals surface area contributed by atoms with Crippen molar-refractivity contribution in [3.63, 3.8) is 0 Å². The largest absolute Gasteiger partial charge is 0.398 e. The Morgan fingerprint density at radius 1 is 1.59 bits per heavy atom. The number of thiophene rings is 1. The van der Waals surface area contributed by atoms with Gasteiger partial charge in [-0.05, 0) is 13.0 Å².